The number of fused-ring (bicyclic) bond motifs is 1. The van der Waals surface area contributed by atoms with Crippen LogP contribution >= 0.6 is 0 Å². The quantitative estimate of drug-likeness (QED) is 0.866. The molecule has 2 aromatic rings. The zero-order chi connectivity index (χ0) is 16.1. The number of aliphatic hydroxyl groups excluding tert-OH is 1. The molecule has 4 heteroatoms. The molecule has 0 radical (unpaired) electrons. The third kappa shape index (κ3) is 2.25. The second kappa shape index (κ2) is 4.83. The summed E-state index contributed by atoms with van der Waals surface area (Å²) in [6, 6.07) is 7.43. The van der Waals surface area contributed by atoms with Gasteiger partial charge in [0.25, 0.3) is 0 Å². The van der Waals surface area contributed by atoms with Crippen LogP contribution in [0.4, 0.5) is 0 Å². The van der Waals surface area contributed by atoms with E-state index in [9.17, 15) is 14.7 Å². The van der Waals surface area contributed by atoms with Crippen LogP contribution in [-0.4, -0.2) is 21.4 Å². The van der Waals surface area contributed by atoms with E-state index in [1.54, 1.807) is 6.20 Å². The van der Waals surface area contributed by atoms with Gasteiger partial charge in [-0.25, -0.2) is 0 Å². The minimum atomic E-state index is -0.233. The number of carbonyl (C=O) groups is 2. The first-order chi connectivity index (χ1) is 10.3. The van der Waals surface area contributed by atoms with Crippen molar-refractivity contribution in [2.45, 2.75) is 33.6 Å². The highest BCUT2D eigenvalue weighted by Gasteiger charge is 2.34. The zero-order valence-electron chi connectivity index (χ0n) is 13.0. The molecule has 22 heavy (non-hydrogen) atoms. The molecule has 0 saturated carbocycles. The number of para-hydroxylation sites is 1. The van der Waals surface area contributed by atoms with Crippen molar-refractivity contribution in [3.8, 4) is 0 Å². The fourth-order valence-electron chi connectivity index (χ4n) is 3.23. The van der Waals surface area contributed by atoms with Crippen LogP contribution in [0.25, 0.3) is 16.5 Å². The Bertz CT molecular complexity index is 824. The molecule has 0 spiro atoms. The molecule has 0 bridgehead atoms. The van der Waals surface area contributed by atoms with Crippen LogP contribution in [0.1, 0.15) is 44.0 Å². The second-order valence-electron chi connectivity index (χ2n) is 6.71. The predicted octanol–water partition coefficient (Wildman–Crippen LogP) is 3.96. The predicted molar refractivity (Wildman–Crippen MR) is 85.8 cm³/mol. The lowest BCUT2D eigenvalue weighted by Crippen LogP contribution is -2.25. The summed E-state index contributed by atoms with van der Waals surface area (Å²) in [4.78, 5) is 24.4. The molecule has 3 rings (SSSR count). The number of hydrogen-bond donors (Lipinski definition) is 1. The van der Waals surface area contributed by atoms with E-state index in [-0.39, 0.29) is 22.9 Å². The normalized spacial score (nSPS) is 18.0. The Morgan fingerprint density at radius 1 is 1.23 bits per heavy atom. The average Bonchev–Trinajstić information content (AvgIpc) is 2.76. The molecular formula is C18H19NO3. The first-order valence-corrected chi connectivity index (χ1v) is 7.37. The van der Waals surface area contributed by atoms with Crippen molar-refractivity contribution in [3.63, 3.8) is 0 Å². The van der Waals surface area contributed by atoms with E-state index in [0.29, 0.717) is 24.0 Å². The SMILES string of the molecule is CC(=O)n1cc(C2=C(O)CC(C)(C)CC2=O)c2ccccc21. The van der Waals surface area contributed by atoms with Gasteiger partial charge in [-0.15, -0.1) is 0 Å². The monoisotopic (exact) mass is 297 g/mol. The number of aromatic nitrogens is 1. The van der Waals surface area contributed by atoms with Gasteiger partial charge in [0.1, 0.15) is 5.76 Å². The van der Waals surface area contributed by atoms with Gasteiger partial charge in [-0.1, -0.05) is 32.0 Å². The molecule has 1 aliphatic rings. The van der Waals surface area contributed by atoms with Gasteiger partial charge in [0, 0.05) is 36.9 Å². The largest absolute Gasteiger partial charge is 0.512 e. The third-order valence-electron chi connectivity index (χ3n) is 4.17. The Hall–Kier alpha value is -2.36. The lowest BCUT2D eigenvalue weighted by molar-refractivity contribution is -0.116. The third-order valence-corrected chi connectivity index (χ3v) is 4.17. The summed E-state index contributed by atoms with van der Waals surface area (Å²) >= 11 is 0. The van der Waals surface area contributed by atoms with Gasteiger partial charge in [-0.05, 0) is 11.5 Å². The molecule has 1 aromatic carbocycles. The van der Waals surface area contributed by atoms with Crippen LogP contribution in [0.2, 0.25) is 0 Å². The Balaban J connectivity index is 2.27. The fraction of sp³-hybridized carbons (Fsp3) is 0.333. The molecule has 1 heterocycles. The number of allylic oxidation sites excluding steroid dienone is 2. The number of benzene rings is 1. The molecule has 0 atom stereocenters. The number of carbonyl (C=O) groups excluding carboxylic acids is 2. The minimum Gasteiger partial charge on any atom is -0.512 e. The van der Waals surface area contributed by atoms with Gasteiger partial charge < -0.3 is 5.11 Å². The topological polar surface area (TPSA) is 59.3 Å². The number of Topliss-reactive ketones (excluding diaryl/α,β-unsaturated/α-hetero) is 1. The summed E-state index contributed by atoms with van der Waals surface area (Å²) in [7, 11) is 0. The number of nitrogens with zero attached hydrogens (tertiary/aromatic N) is 1. The molecule has 1 N–H and O–H groups in total. The van der Waals surface area contributed by atoms with Crippen molar-refractivity contribution in [1.29, 1.82) is 0 Å². The Labute approximate surface area is 129 Å². The Morgan fingerprint density at radius 3 is 2.55 bits per heavy atom. The van der Waals surface area contributed by atoms with Gasteiger partial charge >= 0.3 is 0 Å². The number of hydrogen-bond acceptors (Lipinski definition) is 3. The average molecular weight is 297 g/mol. The van der Waals surface area contributed by atoms with Crippen molar-refractivity contribution >= 4 is 28.2 Å². The summed E-state index contributed by atoms with van der Waals surface area (Å²) in [5, 5.41) is 11.2. The van der Waals surface area contributed by atoms with Crippen LogP contribution in [0.5, 0.6) is 0 Å². The molecule has 4 nitrogen and oxygen atoms in total. The zero-order valence-corrected chi connectivity index (χ0v) is 13.0. The lowest BCUT2D eigenvalue weighted by Gasteiger charge is -2.29. The molecule has 1 aliphatic carbocycles. The van der Waals surface area contributed by atoms with Crippen LogP contribution in [-0.2, 0) is 4.79 Å². The van der Waals surface area contributed by atoms with Gasteiger partial charge in [-0.2, -0.15) is 0 Å². The van der Waals surface area contributed by atoms with Crippen molar-refractivity contribution in [1.82, 2.24) is 4.57 Å². The maximum absolute atomic E-state index is 12.5. The molecule has 0 amide bonds. The van der Waals surface area contributed by atoms with E-state index < -0.39 is 0 Å². The molecule has 0 unspecified atom stereocenters. The van der Waals surface area contributed by atoms with E-state index in [4.69, 9.17) is 0 Å². The summed E-state index contributed by atoms with van der Waals surface area (Å²) in [5.74, 6) is -0.0703. The van der Waals surface area contributed by atoms with E-state index >= 15 is 0 Å². The summed E-state index contributed by atoms with van der Waals surface area (Å²) in [6.07, 6.45) is 2.52. The number of aliphatic hydroxyl groups is 1. The highest BCUT2D eigenvalue weighted by molar-refractivity contribution is 6.25. The van der Waals surface area contributed by atoms with Crippen molar-refractivity contribution in [2.24, 2.45) is 5.41 Å². The molecular weight excluding hydrogens is 278 g/mol. The van der Waals surface area contributed by atoms with E-state index in [0.717, 1.165) is 10.9 Å². The van der Waals surface area contributed by atoms with E-state index in [1.165, 1.54) is 11.5 Å². The fourth-order valence-corrected chi connectivity index (χ4v) is 3.23. The van der Waals surface area contributed by atoms with Gasteiger partial charge in [0.05, 0.1) is 11.1 Å². The van der Waals surface area contributed by atoms with Gasteiger partial charge in [-0.3, -0.25) is 14.2 Å². The van der Waals surface area contributed by atoms with Crippen molar-refractivity contribution < 1.29 is 14.7 Å². The molecule has 0 aliphatic heterocycles. The Kier molecular flexibility index (Phi) is 3.20. The molecule has 114 valence electrons. The Morgan fingerprint density at radius 2 is 1.91 bits per heavy atom. The van der Waals surface area contributed by atoms with Gasteiger partial charge in [0.15, 0.2) is 5.78 Å². The molecule has 1 aromatic heterocycles. The van der Waals surface area contributed by atoms with Crippen LogP contribution in [0.3, 0.4) is 0 Å². The van der Waals surface area contributed by atoms with Crippen LogP contribution in [0.15, 0.2) is 36.2 Å². The van der Waals surface area contributed by atoms with E-state index in [1.807, 2.05) is 38.1 Å². The number of ketones is 1. The first kappa shape index (κ1) is 14.6. The highest BCUT2D eigenvalue weighted by atomic mass is 16.3. The van der Waals surface area contributed by atoms with Crippen molar-refractivity contribution in [3.05, 3.63) is 41.8 Å². The van der Waals surface area contributed by atoms with Crippen LogP contribution in [0, 0.1) is 5.41 Å². The lowest BCUT2D eigenvalue weighted by atomic mass is 9.75. The summed E-state index contributed by atoms with van der Waals surface area (Å²) < 4.78 is 1.53. The second-order valence-corrected chi connectivity index (χ2v) is 6.71. The first-order valence-electron chi connectivity index (χ1n) is 7.37. The summed E-state index contributed by atoms with van der Waals surface area (Å²) in [6.45, 7) is 5.42. The molecule has 0 fully saturated rings. The highest BCUT2D eigenvalue weighted by Crippen LogP contribution is 2.41. The van der Waals surface area contributed by atoms with E-state index in [2.05, 4.69) is 0 Å². The van der Waals surface area contributed by atoms with Crippen LogP contribution < -0.4 is 0 Å². The maximum Gasteiger partial charge on any atom is 0.227 e. The summed E-state index contributed by atoms with van der Waals surface area (Å²) in [5.41, 5.74) is 1.52. The molecule has 0 saturated heterocycles. The number of rotatable bonds is 1. The van der Waals surface area contributed by atoms with Crippen molar-refractivity contribution in [2.75, 3.05) is 0 Å². The maximum atomic E-state index is 12.5. The smallest absolute Gasteiger partial charge is 0.227 e. The van der Waals surface area contributed by atoms with Gasteiger partial charge in [0.2, 0.25) is 5.91 Å². The standard InChI is InChI=1S/C18H19NO3/c1-11(20)19-10-13(12-6-4-5-7-14(12)19)17-15(21)8-18(2,3)9-16(17)22/h4-7,10,21H,8-9H2,1-3H3. The minimum absolute atomic E-state index is 0.0693.